The van der Waals surface area contributed by atoms with Crippen LogP contribution in [0.4, 0.5) is 0 Å². The van der Waals surface area contributed by atoms with Crippen molar-refractivity contribution in [3.63, 3.8) is 0 Å². The summed E-state index contributed by atoms with van der Waals surface area (Å²) in [6, 6.07) is -0.355. The Hall–Kier alpha value is -0.610. The van der Waals surface area contributed by atoms with Gasteiger partial charge in [-0.2, -0.15) is 0 Å². The van der Waals surface area contributed by atoms with Crippen molar-refractivity contribution in [2.24, 2.45) is 11.7 Å². The molecule has 0 bridgehead atoms. The number of rotatable bonds is 7. The van der Waals surface area contributed by atoms with E-state index in [0.29, 0.717) is 0 Å². The molecule has 1 aliphatic rings. The Morgan fingerprint density at radius 2 is 2.06 bits per heavy atom. The van der Waals surface area contributed by atoms with Crippen LogP contribution in [0.15, 0.2) is 0 Å². The Bertz CT molecular complexity index is 227. The molecule has 100 valence electrons. The van der Waals surface area contributed by atoms with Crippen LogP contribution in [0.25, 0.3) is 0 Å². The van der Waals surface area contributed by atoms with E-state index in [1.165, 1.54) is 25.9 Å². The molecule has 0 aliphatic carbocycles. The number of carbonyl (C=O) groups excluding carboxylic acids is 1. The van der Waals surface area contributed by atoms with Gasteiger partial charge in [-0.1, -0.05) is 20.3 Å². The molecule has 0 saturated carbocycles. The predicted octanol–water partition coefficient (Wildman–Crippen LogP) is 0.962. The number of likely N-dealkylation sites (tertiary alicyclic amines) is 1. The van der Waals surface area contributed by atoms with Gasteiger partial charge in [-0.25, -0.2) is 0 Å². The first kappa shape index (κ1) is 14.5. The summed E-state index contributed by atoms with van der Waals surface area (Å²) in [6.07, 6.45) is 4.62. The van der Waals surface area contributed by atoms with Gasteiger partial charge in [0.1, 0.15) is 0 Å². The van der Waals surface area contributed by atoms with Gasteiger partial charge >= 0.3 is 0 Å². The number of nitrogens with two attached hydrogens (primary N) is 1. The zero-order chi connectivity index (χ0) is 12.7. The van der Waals surface area contributed by atoms with E-state index >= 15 is 0 Å². The minimum Gasteiger partial charge on any atom is -0.355 e. The summed E-state index contributed by atoms with van der Waals surface area (Å²) in [5.41, 5.74) is 5.85. The first-order valence-corrected chi connectivity index (χ1v) is 6.90. The Morgan fingerprint density at radius 3 is 2.65 bits per heavy atom. The summed E-state index contributed by atoms with van der Waals surface area (Å²) in [6.45, 7) is 8.37. The molecule has 0 aromatic carbocycles. The molecule has 3 N–H and O–H groups in total. The average molecular weight is 241 g/mol. The number of hydrogen-bond acceptors (Lipinski definition) is 3. The summed E-state index contributed by atoms with van der Waals surface area (Å²) in [7, 11) is 0. The van der Waals surface area contributed by atoms with Gasteiger partial charge < -0.3 is 16.0 Å². The Balaban J connectivity index is 2.06. The average Bonchev–Trinajstić information content (AvgIpc) is 2.85. The minimum atomic E-state index is -0.355. The van der Waals surface area contributed by atoms with E-state index < -0.39 is 0 Å². The maximum absolute atomic E-state index is 11.7. The van der Waals surface area contributed by atoms with E-state index in [1.807, 2.05) is 6.92 Å². The van der Waals surface area contributed by atoms with E-state index in [1.54, 1.807) is 0 Å². The fraction of sp³-hybridized carbons (Fsp3) is 0.923. The first-order valence-electron chi connectivity index (χ1n) is 6.90. The minimum absolute atomic E-state index is 0.000715. The molecule has 0 spiro atoms. The molecule has 4 nitrogen and oxygen atoms in total. The maximum Gasteiger partial charge on any atom is 0.237 e. The molecular formula is C13H27N3O. The molecule has 1 amide bonds. The van der Waals surface area contributed by atoms with Gasteiger partial charge in [0.2, 0.25) is 5.91 Å². The van der Waals surface area contributed by atoms with Crippen molar-refractivity contribution in [3.8, 4) is 0 Å². The van der Waals surface area contributed by atoms with Gasteiger partial charge in [0.15, 0.2) is 0 Å². The van der Waals surface area contributed by atoms with Crippen LogP contribution < -0.4 is 11.1 Å². The third kappa shape index (κ3) is 5.04. The highest BCUT2D eigenvalue weighted by Gasteiger charge is 2.18. The van der Waals surface area contributed by atoms with Crippen LogP contribution in [0, 0.1) is 5.92 Å². The van der Waals surface area contributed by atoms with Crippen molar-refractivity contribution in [2.45, 2.75) is 45.6 Å². The van der Waals surface area contributed by atoms with E-state index in [9.17, 15) is 4.79 Å². The molecule has 1 heterocycles. The van der Waals surface area contributed by atoms with Gasteiger partial charge in [0.05, 0.1) is 6.04 Å². The SMILES string of the molecule is CCC(C)C(N)C(=O)NCCCN1CCCC1. The highest BCUT2D eigenvalue weighted by atomic mass is 16.2. The second kappa shape index (κ2) is 7.67. The third-order valence-electron chi connectivity index (χ3n) is 3.71. The van der Waals surface area contributed by atoms with Gasteiger partial charge in [0, 0.05) is 6.54 Å². The summed E-state index contributed by atoms with van der Waals surface area (Å²) in [4.78, 5) is 14.1. The highest BCUT2D eigenvalue weighted by Crippen LogP contribution is 2.07. The third-order valence-corrected chi connectivity index (χ3v) is 3.71. The summed E-state index contributed by atoms with van der Waals surface area (Å²) in [5, 5.41) is 2.93. The number of nitrogens with one attached hydrogen (secondary N) is 1. The number of nitrogens with zero attached hydrogens (tertiary/aromatic N) is 1. The monoisotopic (exact) mass is 241 g/mol. The van der Waals surface area contributed by atoms with E-state index in [4.69, 9.17) is 5.73 Å². The molecule has 0 radical (unpaired) electrons. The zero-order valence-electron chi connectivity index (χ0n) is 11.2. The van der Waals surface area contributed by atoms with Crippen LogP contribution in [-0.4, -0.2) is 43.0 Å². The van der Waals surface area contributed by atoms with Gasteiger partial charge in [-0.15, -0.1) is 0 Å². The van der Waals surface area contributed by atoms with Crippen molar-refractivity contribution in [2.75, 3.05) is 26.2 Å². The molecule has 2 atom stereocenters. The highest BCUT2D eigenvalue weighted by molar-refractivity contribution is 5.81. The molecule has 4 heteroatoms. The lowest BCUT2D eigenvalue weighted by atomic mass is 9.99. The largest absolute Gasteiger partial charge is 0.355 e. The summed E-state index contributed by atoms with van der Waals surface area (Å²) < 4.78 is 0. The first-order chi connectivity index (χ1) is 8.15. The fourth-order valence-electron chi connectivity index (χ4n) is 2.15. The lowest BCUT2D eigenvalue weighted by molar-refractivity contribution is -0.123. The molecule has 0 aromatic heterocycles. The van der Waals surface area contributed by atoms with Crippen molar-refractivity contribution in [1.82, 2.24) is 10.2 Å². The van der Waals surface area contributed by atoms with Crippen LogP contribution >= 0.6 is 0 Å². The summed E-state index contributed by atoms with van der Waals surface area (Å²) >= 11 is 0. The van der Waals surface area contributed by atoms with Gasteiger partial charge in [-0.3, -0.25) is 4.79 Å². The second-order valence-electron chi connectivity index (χ2n) is 5.10. The fourth-order valence-corrected chi connectivity index (χ4v) is 2.15. The van der Waals surface area contributed by atoms with Crippen LogP contribution in [0.3, 0.4) is 0 Å². The summed E-state index contributed by atoms with van der Waals surface area (Å²) in [5.74, 6) is 0.259. The van der Waals surface area contributed by atoms with Crippen molar-refractivity contribution >= 4 is 5.91 Å². The van der Waals surface area contributed by atoms with Crippen molar-refractivity contribution < 1.29 is 4.79 Å². The Kier molecular flexibility index (Phi) is 6.52. The molecule has 1 aliphatic heterocycles. The molecule has 1 fully saturated rings. The predicted molar refractivity (Wildman–Crippen MR) is 70.7 cm³/mol. The number of amides is 1. The van der Waals surface area contributed by atoms with Crippen LogP contribution in [0.2, 0.25) is 0 Å². The lowest BCUT2D eigenvalue weighted by Crippen LogP contribution is -2.45. The normalized spacial score (nSPS) is 20.2. The molecule has 2 unspecified atom stereocenters. The molecule has 17 heavy (non-hydrogen) atoms. The zero-order valence-corrected chi connectivity index (χ0v) is 11.2. The Morgan fingerprint density at radius 1 is 1.41 bits per heavy atom. The van der Waals surface area contributed by atoms with Gasteiger partial charge in [-0.05, 0) is 44.8 Å². The van der Waals surface area contributed by atoms with Gasteiger partial charge in [0.25, 0.3) is 0 Å². The van der Waals surface area contributed by atoms with Crippen LogP contribution in [-0.2, 0) is 4.79 Å². The van der Waals surface area contributed by atoms with E-state index in [2.05, 4.69) is 17.1 Å². The van der Waals surface area contributed by atoms with Crippen LogP contribution in [0.1, 0.15) is 39.5 Å². The maximum atomic E-state index is 11.7. The van der Waals surface area contributed by atoms with Crippen molar-refractivity contribution in [3.05, 3.63) is 0 Å². The standard InChI is InChI=1S/C13H27N3O/c1-3-11(2)12(14)13(17)15-7-6-10-16-8-4-5-9-16/h11-12H,3-10,14H2,1-2H3,(H,15,17). The Labute approximate surface area is 105 Å². The molecule has 0 aromatic rings. The number of hydrogen-bond donors (Lipinski definition) is 2. The molecule has 1 rings (SSSR count). The second-order valence-corrected chi connectivity index (χ2v) is 5.10. The molecule has 1 saturated heterocycles. The van der Waals surface area contributed by atoms with Crippen LogP contribution in [0.5, 0.6) is 0 Å². The quantitative estimate of drug-likeness (QED) is 0.653. The smallest absolute Gasteiger partial charge is 0.237 e. The van der Waals surface area contributed by atoms with Crippen molar-refractivity contribution in [1.29, 1.82) is 0 Å². The van der Waals surface area contributed by atoms with E-state index in [0.717, 1.165) is 25.9 Å². The number of carbonyl (C=O) groups is 1. The molecular weight excluding hydrogens is 214 g/mol. The lowest BCUT2D eigenvalue weighted by Gasteiger charge is -2.18. The van der Waals surface area contributed by atoms with E-state index in [-0.39, 0.29) is 17.9 Å². The topological polar surface area (TPSA) is 58.4 Å².